The van der Waals surface area contributed by atoms with Gasteiger partial charge in [0.05, 0.1) is 6.04 Å². The molecule has 0 radical (unpaired) electrons. The fourth-order valence-corrected chi connectivity index (χ4v) is 3.81. The van der Waals surface area contributed by atoms with Gasteiger partial charge in [-0.25, -0.2) is 0 Å². The molecule has 0 saturated heterocycles. The van der Waals surface area contributed by atoms with E-state index in [1.165, 1.54) is 0 Å². The largest absolute Gasteiger partial charge is 0.333 e. The van der Waals surface area contributed by atoms with Crippen LogP contribution in [-0.4, -0.2) is 22.5 Å². The minimum absolute atomic E-state index is 0.0810. The van der Waals surface area contributed by atoms with Crippen molar-refractivity contribution in [3.63, 3.8) is 0 Å². The van der Waals surface area contributed by atoms with Crippen LogP contribution in [0.4, 0.5) is 11.4 Å². The molecule has 1 amide bonds. The number of para-hydroxylation sites is 1. The maximum absolute atomic E-state index is 12.7. The minimum Gasteiger partial charge on any atom is -0.333 e. The van der Waals surface area contributed by atoms with E-state index in [-0.39, 0.29) is 18.5 Å². The number of rotatable bonds is 2. The third kappa shape index (κ3) is 3.75. The third-order valence-corrected chi connectivity index (χ3v) is 5.14. The molecule has 2 N–H and O–H groups in total. The number of anilines is 2. The summed E-state index contributed by atoms with van der Waals surface area (Å²) in [5.74, 6) is -0.0810. The summed E-state index contributed by atoms with van der Waals surface area (Å²) >= 11 is 5.74. The van der Waals surface area contributed by atoms with Crippen LogP contribution < -0.4 is 10.6 Å². The summed E-state index contributed by atoms with van der Waals surface area (Å²) in [5.41, 5.74) is 4.95. The molecule has 5 heteroatoms. The number of fused-ring (bicyclic) bond motifs is 1. The van der Waals surface area contributed by atoms with Gasteiger partial charge < -0.3 is 15.5 Å². The van der Waals surface area contributed by atoms with Gasteiger partial charge in [0.15, 0.2) is 5.11 Å². The first-order valence-electron chi connectivity index (χ1n) is 9.20. The third-order valence-electron chi connectivity index (χ3n) is 4.80. The van der Waals surface area contributed by atoms with Crippen LogP contribution >= 0.6 is 12.2 Å². The van der Waals surface area contributed by atoms with Gasteiger partial charge in [0.1, 0.15) is 6.54 Å². The second-order valence-corrected chi connectivity index (χ2v) is 7.26. The summed E-state index contributed by atoms with van der Waals surface area (Å²) in [6, 6.07) is 25.9. The lowest BCUT2D eigenvalue weighted by Gasteiger charge is -2.32. The molecule has 0 bridgehead atoms. The molecule has 3 aromatic rings. The fraction of sp³-hybridized carbons (Fsp3) is 0.130. The maximum Gasteiger partial charge on any atom is 0.244 e. The molecule has 0 unspecified atom stereocenters. The van der Waals surface area contributed by atoms with Crippen molar-refractivity contribution in [2.45, 2.75) is 13.0 Å². The molecule has 0 aromatic heterocycles. The Morgan fingerprint density at radius 2 is 1.71 bits per heavy atom. The second-order valence-electron chi connectivity index (χ2n) is 6.88. The van der Waals surface area contributed by atoms with Gasteiger partial charge in [-0.05, 0) is 48.5 Å². The first kappa shape index (κ1) is 18.2. The number of hydrogen-bond donors (Lipinski definition) is 2. The van der Waals surface area contributed by atoms with E-state index in [0.717, 1.165) is 28.1 Å². The number of nitrogens with zero attached hydrogens (tertiary/aromatic N) is 1. The smallest absolute Gasteiger partial charge is 0.244 e. The average molecular weight is 388 g/mol. The number of carbonyl (C=O) groups excluding carboxylic acids is 1. The molecule has 1 aliphatic rings. The molecule has 0 fully saturated rings. The molecule has 0 aliphatic carbocycles. The van der Waals surface area contributed by atoms with Gasteiger partial charge in [0.25, 0.3) is 0 Å². The Morgan fingerprint density at radius 1 is 1.04 bits per heavy atom. The molecule has 28 heavy (non-hydrogen) atoms. The highest BCUT2D eigenvalue weighted by Gasteiger charge is 2.31. The van der Waals surface area contributed by atoms with Crippen molar-refractivity contribution in [3.05, 3.63) is 95.6 Å². The van der Waals surface area contributed by atoms with Crippen molar-refractivity contribution in [1.29, 1.82) is 0 Å². The number of aryl methyl sites for hydroxylation is 1. The molecule has 1 heterocycles. The van der Waals surface area contributed by atoms with E-state index in [1.807, 2.05) is 66.4 Å². The molecule has 4 nitrogen and oxygen atoms in total. The highest BCUT2D eigenvalue weighted by molar-refractivity contribution is 7.80. The maximum atomic E-state index is 12.7. The molecule has 4 rings (SSSR count). The zero-order valence-electron chi connectivity index (χ0n) is 15.6. The number of benzene rings is 3. The molecule has 3 aromatic carbocycles. The number of carbonyl (C=O) groups is 1. The summed E-state index contributed by atoms with van der Waals surface area (Å²) in [6.07, 6.45) is 0. The number of amides is 1. The van der Waals surface area contributed by atoms with Crippen LogP contribution in [0.2, 0.25) is 0 Å². The molecule has 0 spiro atoms. The number of hydrogen-bond acceptors (Lipinski definition) is 2. The van der Waals surface area contributed by atoms with Crippen LogP contribution in [0.1, 0.15) is 22.7 Å². The van der Waals surface area contributed by atoms with E-state index in [0.29, 0.717) is 5.11 Å². The van der Waals surface area contributed by atoms with E-state index in [4.69, 9.17) is 12.2 Å². The minimum atomic E-state index is -0.167. The molecule has 1 atom stereocenters. The molecule has 140 valence electrons. The van der Waals surface area contributed by atoms with E-state index < -0.39 is 0 Å². The van der Waals surface area contributed by atoms with Crippen LogP contribution in [0.3, 0.4) is 0 Å². The second kappa shape index (κ2) is 7.82. The normalized spacial score (nSPS) is 16.0. The van der Waals surface area contributed by atoms with Crippen molar-refractivity contribution < 1.29 is 4.79 Å². The number of thiocarbonyl (C=S) groups is 1. The zero-order chi connectivity index (χ0) is 19.5. The van der Waals surface area contributed by atoms with Crippen molar-refractivity contribution in [2.75, 3.05) is 17.2 Å². The lowest BCUT2D eigenvalue weighted by Crippen LogP contribution is -2.41. The van der Waals surface area contributed by atoms with Crippen LogP contribution in [0.5, 0.6) is 0 Å². The van der Waals surface area contributed by atoms with Gasteiger partial charge in [0, 0.05) is 16.9 Å². The van der Waals surface area contributed by atoms with E-state index in [2.05, 4.69) is 34.9 Å². The predicted octanol–water partition coefficient (Wildman–Crippen LogP) is 4.74. The number of nitrogens with one attached hydrogen (secondary N) is 2. The van der Waals surface area contributed by atoms with Gasteiger partial charge in [-0.3, -0.25) is 4.79 Å². The van der Waals surface area contributed by atoms with Crippen molar-refractivity contribution >= 4 is 34.6 Å². The van der Waals surface area contributed by atoms with Gasteiger partial charge in [-0.1, -0.05) is 60.7 Å². The van der Waals surface area contributed by atoms with Crippen LogP contribution in [0.15, 0.2) is 78.9 Å². The standard InChI is InChI=1S/C23H21N3OS/c1-16-12-13-19-20(14-16)25-21(27)15-26(22(19)17-8-4-2-5-9-17)23(28)24-18-10-6-3-7-11-18/h2-14,22H,15H2,1H3,(H,24,28)(H,25,27)/t22-/m1/s1. The van der Waals surface area contributed by atoms with Gasteiger partial charge in [-0.2, -0.15) is 0 Å². The zero-order valence-corrected chi connectivity index (χ0v) is 16.4. The van der Waals surface area contributed by atoms with Crippen molar-refractivity contribution in [1.82, 2.24) is 4.90 Å². The lowest BCUT2D eigenvalue weighted by molar-refractivity contribution is -0.116. The van der Waals surface area contributed by atoms with Crippen LogP contribution in [0, 0.1) is 6.92 Å². The molecular weight excluding hydrogens is 366 g/mol. The van der Waals surface area contributed by atoms with E-state index in [1.54, 1.807) is 0 Å². The van der Waals surface area contributed by atoms with Crippen LogP contribution in [0.25, 0.3) is 0 Å². The Balaban J connectivity index is 1.79. The lowest BCUT2D eigenvalue weighted by atomic mass is 9.95. The Labute approximate surface area is 170 Å². The Hall–Kier alpha value is -3.18. The van der Waals surface area contributed by atoms with Gasteiger partial charge >= 0.3 is 0 Å². The van der Waals surface area contributed by atoms with Gasteiger partial charge in [0.2, 0.25) is 5.91 Å². The van der Waals surface area contributed by atoms with Crippen LogP contribution in [-0.2, 0) is 4.79 Å². The Bertz CT molecular complexity index is 1000. The molecular formula is C23H21N3OS. The highest BCUT2D eigenvalue weighted by atomic mass is 32.1. The summed E-state index contributed by atoms with van der Waals surface area (Å²) in [6.45, 7) is 2.19. The van der Waals surface area contributed by atoms with Gasteiger partial charge in [-0.15, -0.1) is 0 Å². The van der Waals surface area contributed by atoms with E-state index in [9.17, 15) is 4.79 Å². The molecule has 1 aliphatic heterocycles. The van der Waals surface area contributed by atoms with Crippen molar-refractivity contribution in [3.8, 4) is 0 Å². The first-order chi connectivity index (χ1) is 13.6. The summed E-state index contributed by atoms with van der Waals surface area (Å²) in [4.78, 5) is 14.6. The first-order valence-corrected chi connectivity index (χ1v) is 9.60. The predicted molar refractivity (Wildman–Crippen MR) is 117 cm³/mol. The molecule has 0 saturated carbocycles. The summed E-state index contributed by atoms with van der Waals surface area (Å²) in [5, 5.41) is 6.84. The SMILES string of the molecule is Cc1ccc2c(c1)NC(=O)CN(C(=S)Nc1ccccc1)[C@@H]2c1ccccc1. The Morgan fingerprint density at radius 3 is 2.43 bits per heavy atom. The monoisotopic (exact) mass is 387 g/mol. The van der Waals surface area contributed by atoms with E-state index >= 15 is 0 Å². The Kier molecular flexibility index (Phi) is 5.08. The topological polar surface area (TPSA) is 44.4 Å². The fourth-order valence-electron chi connectivity index (χ4n) is 3.52. The quantitative estimate of drug-likeness (QED) is 0.624. The highest BCUT2D eigenvalue weighted by Crippen LogP contribution is 2.36. The summed E-state index contributed by atoms with van der Waals surface area (Å²) in [7, 11) is 0. The average Bonchev–Trinajstić information content (AvgIpc) is 2.84. The van der Waals surface area contributed by atoms with Crippen molar-refractivity contribution in [2.24, 2.45) is 0 Å². The summed E-state index contributed by atoms with van der Waals surface area (Å²) < 4.78 is 0.